The van der Waals surface area contributed by atoms with Crippen LogP contribution in [0.1, 0.15) is 39.7 Å². The monoisotopic (exact) mass is 550 g/mol. The van der Waals surface area contributed by atoms with Crippen molar-refractivity contribution in [3.63, 3.8) is 0 Å². The summed E-state index contributed by atoms with van der Waals surface area (Å²) in [4.78, 5) is 41.9. The van der Waals surface area contributed by atoms with Crippen molar-refractivity contribution in [2.24, 2.45) is 5.92 Å². The summed E-state index contributed by atoms with van der Waals surface area (Å²) < 4.78 is 25.4. The van der Waals surface area contributed by atoms with Crippen molar-refractivity contribution in [1.82, 2.24) is 4.90 Å². The lowest BCUT2D eigenvalue weighted by molar-refractivity contribution is -0.155. The highest BCUT2D eigenvalue weighted by atomic mass is 79.9. The lowest BCUT2D eigenvalue weighted by Gasteiger charge is -2.35. The number of esters is 1. The Bertz CT molecular complexity index is 1080. The minimum absolute atomic E-state index is 0.108. The number of hydrogen-bond acceptors (Lipinski definition) is 5. The Morgan fingerprint density at radius 1 is 1.17 bits per heavy atom. The summed E-state index contributed by atoms with van der Waals surface area (Å²) in [5.41, 5.74) is -0.572. The van der Waals surface area contributed by atoms with Gasteiger partial charge in [-0.2, -0.15) is 0 Å². The molecule has 1 saturated heterocycles. The number of hydrogen-bond donors (Lipinski definition) is 0. The average Bonchev–Trinajstić information content (AvgIpc) is 3.01. The molecular weight excluding hydrogens is 519 g/mol. The fourth-order valence-corrected chi connectivity index (χ4v) is 4.55. The molecular formula is C26H32BrFN2O5. The fraction of sp³-hybridized carbons (Fsp3) is 0.423. The molecule has 0 saturated carbocycles. The van der Waals surface area contributed by atoms with Gasteiger partial charge in [0.25, 0.3) is 5.91 Å². The van der Waals surface area contributed by atoms with Gasteiger partial charge in [0.1, 0.15) is 17.1 Å². The molecule has 190 valence electrons. The van der Waals surface area contributed by atoms with Gasteiger partial charge in [0.05, 0.1) is 25.3 Å². The Balaban J connectivity index is 0.00000210. The molecule has 7 nitrogen and oxygen atoms in total. The predicted molar refractivity (Wildman–Crippen MR) is 136 cm³/mol. The number of amides is 3. The van der Waals surface area contributed by atoms with Crippen LogP contribution in [0, 0.1) is 11.7 Å². The average molecular weight is 551 g/mol. The van der Waals surface area contributed by atoms with Crippen LogP contribution < -0.4 is 9.64 Å². The predicted octanol–water partition coefficient (Wildman–Crippen LogP) is 5.59. The van der Waals surface area contributed by atoms with E-state index in [-0.39, 0.29) is 18.7 Å². The number of imide groups is 1. The molecule has 2 aromatic rings. The third kappa shape index (κ3) is 5.66. The summed E-state index contributed by atoms with van der Waals surface area (Å²) in [7, 11) is 3.02. The molecule has 0 N–H and O–H groups in total. The number of benzene rings is 2. The van der Waals surface area contributed by atoms with Crippen molar-refractivity contribution < 1.29 is 28.2 Å². The van der Waals surface area contributed by atoms with E-state index in [1.54, 1.807) is 21.0 Å². The quantitative estimate of drug-likeness (QED) is 0.316. The van der Waals surface area contributed by atoms with Crippen LogP contribution in [0.25, 0.3) is 0 Å². The molecule has 0 radical (unpaired) electrons. The smallest absolute Gasteiger partial charge is 0.332 e. The minimum atomic E-state index is -1.52. The summed E-state index contributed by atoms with van der Waals surface area (Å²) in [6, 6.07) is 10.1. The molecule has 1 fully saturated rings. The van der Waals surface area contributed by atoms with Crippen molar-refractivity contribution in [2.45, 2.75) is 46.1 Å². The van der Waals surface area contributed by atoms with E-state index in [1.165, 1.54) is 30.1 Å². The molecule has 0 bridgehead atoms. The van der Waals surface area contributed by atoms with Crippen LogP contribution in [-0.4, -0.2) is 49.1 Å². The van der Waals surface area contributed by atoms with Crippen LogP contribution in [0.5, 0.6) is 5.75 Å². The molecule has 3 amide bonds. The van der Waals surface area contributed by atoms with Gasteiger partial charge in [-0.15, -0.1) is 0 Å². The third-order valence-electron chi connectivity index (χ3n) is 6.07. The first-order valence-electron chi connectivity index (χ1n) is 11.5. The summed E-state index contributed by atoms with van der Waals surface area (Å²) in [6.07, 6.45) is 0.624. The highest BCUT2D eigenvalue weighted by molar-refractivity contribution is 9.10. The molecule has 3 rings (SSSR count). The van der Waals surface area contributed by atoms with E-state index in [9.17, 15) is 18.8 Å². The van der Waals surface area contributed by atoms with Crippen LogP contribution in [0.2, 0.25) is 0 Å². The summed E-state index contributed by atoms with van der Waals surface area (Å²) in [6.45, 7) is 7.36. The number of aryl methyl sites for hydroxylation is 1. The lowest BCUT2D eigenvalue weighted by atomic mass is 9.80. The first-order chi connectivity index (χ1) is 16.6. The van der Waals surface area contributed by atoms with Gasteiger partial charge in [-0.05, 0) is 68.7 Å². The minimum Gasteiger partial charge on any atom is -0.496 e. The Kier molecular flexibility index (Phi) is 9.82. The van der Waals surface area contributed by atoms with E-state index in [4.69, 9.17) is 9.47 Å². The fourth-order valence-electron chi connectivity index (χ4n) is 4.14. The maximum absolute atomic E-state index is 13.8. The second-order valence-electron chi connectivity index (χ2n) is 7.91. The lowest BCUT2D eigenvalue weighted by Crippen LogP contribution is -2.54. The molecule has 2 aromatic carbocycles. The maximum Gasteiger partial charge on any atom is 0.332 e. The first-order valence-corrected chi connectivity index (χ1v) is 12.3. The number of carbonyl (C=O) groups excluding carboxylic acids is 3. The number of carbonyl (C=O) groups is 3. The molecule has 0 spiro atoms. The Labute approximate surface area is 214 Å². The molecule has 1 aliphatic heterocycles. The van der Waals surface area contributed by atoms with E-state index in [0.29, 0.717) is 12.2 Å². The number of urea groups is 1. The standard InChI is InChI=1S/C24H26BrFN2O5.C2H6/c1-5-33-21(29)19(11-9-15-13-16(25)10-12-20(15)32-4)24(2)22(30)28(23(31)27(24)3)18-8-6-7-17(26)14-18;1-2/h6-8,10,12-14,19H,5,9,11H2,1-4H3;1-2H3/t19?,24-;/m0./s1. The van der Waals surface area contributed by atoms with E-state index in [2.05, 4.69) is 15.9 Å². The number of halogens is 2. The number of likely N-dealkylation sites (N-methyl/N-ethyl adjacent to an activating group) is 1. The van der Waals surface area contributed by atoms with Gasteiger partial charge in [0.2, 0.25) is 0 Å². The van der Waals surface area contributed by atoms with Crippen LogP contribution in [0.15, 0.2) is 46.9 Å². The summed E-state index contributed by atoms with van der Waals surface area (Å²) in [5, 5.41) is 0. The molecule has 9 heteroatoms. The van der Waals surface area contributed by atoms with Crippen LogP contribution in [-0.2, 0) is 20.7 Å². The van der Waals surface area contributed by atoms with Crippen LogP contribution in [0.3, 0.4) is 0 Å². The van der Waals surface area contributed by atoms with Crippen molar-refractivity contribution in [3.8, 4) is 5.75 Å². The zero-order valence-corrected chi connectivity index (χ0v) is 22.5. The second-order valence-corrected chi connectivity index (χ2v) is 8.82. The largest absolute Gasteiger partial charge is 0.496 e. The van der Waals surface area contributed by atoms with E-state index in [0.717, 1.165) is 21.0 Å². The van der Waals surface area contributed by atoms with Crippen LogP contribution >= 0.6 is 15.9 Å². The summed E-state index contributed by atoms with van der Waals surface area (Å²) in [5.74, 6) is -2.08. The highest BCUT2D eigenvalue weighted by Gasteiger charge is 2.59. The van der Waals surface area contributed by atoms with Gasteiger partial charge >= 0.3 is 12.0 Å². The molecule has 35 heavy (non-hydrogen) atoms. The SMILES string of the molecule is CC.CCOC(=O)C(CCc1cc(Br)ccc1OC)[C@@]1(C)C(=O)N(c2cccc(F)c2)C(=O)N1C. The second kappa shape index (κ2) is 12.2. The van der Waals surface area contributed by atoms with E-state index >= 15 is 0 Å². The Hall–Kier alpha value is -2.94. The number of nitrogens with zero attached hydrogens (tertiary/aromatic N) is 2. The van der Waals surface area contributed by atoms with Crippen molar-refractivity contribution in [1.29, 1.82) is 0 Å². The van der Waals surface area contributed by atoms with Gasteiger partial charge in [0.15, 0.2) is 0 Å². The number of methoxy groups -OCH3 is 1. The Morgan fingerprint density at radius 3 is 2.46 bits per heavy atom. The van der Waals surface area contributed by atoms with Gasteiger partial charge in [-0.25, -0.2) is 14.1 Å². The number of ether oxygens (including phenoxy) is 2. The van der Waals surface area contributed by atoms with Crippen molar-refractivity contribution in [2.75, 3.05) is 25.7 Å². The van der Waals surface area contributed by atoms with E-state index < -0.39 is 35.2 Å². The number of anilines is 1. The third-order valence-corrected chi connectivity index (χ3v) is 6.57. The van der Waals surface area contributed by atoms with Gasteiger partial charge in [-0.3, -0.25) is 9.59 Å². The molecule has 1 aliphatic rings. The van der Waals surface area contributed by atoms with E-state index in [1.807, 2.05) is 32.0 Å². The number of rotatable bonds is 8. The normalized spacial score (nSPS) is 18.2. The molecule has 1 heterocycles. The van der Waals surface area contributed by atoms with Gasteiger partial charge in [0, 0.05) is 11.5 Å². The first kappa shape index (κ1) is 28.3. The van der Waals surface area contributed by atoms with Crippen molar-refractivity contribution >= 4 is 39.5 Å². The van der Waals surface area contributed by atoms with Crippen molar-refractivity contribution in [3.05, 3.63) is 58.3 Å². The topological polar surface area (TPSA) is 76.1 Å². The zero-order chi connectivity index (χ0) is 26.3. The maximum atomic E-state index is 13.8. The van der Waals surface area contributed by atoms with Crippen LogP contribution in [0.4, 0.5) is 14.9 Å². The molecule has 1 unspecified atom stereocenters. The van der Waals surface area contributed by atoms with Gasteiger partial charge < -0.3 is 14.4 Å². The Morgan fingerprint density at radius 2 is 1.86 bits per heavy atom. The van der Waals surface area contributed by atoms with Gasteiger partial charge in [-0.1, -0.05) is 35.8 Å². The molecule has 0 aliphatic carbocycles. The summed E-state index contributed by atoms with van der Waals surface area (Å²) >= 11 is 3.44. The zero-order valence-electron chi connectivity index (χ0n) is 20.9. The molecule has 0 aromatic heterocycles. The highest BCUT2D eigenvalue weighted by Crippen LogP contribution is 2.39. The molecule has 2 atom stereocenters.